The Morgan fingerprint density at radius 3 is 2.07 bits per heavy atom. The molecule has 0 spiro atoms. The van der Waals surface area contributed by atoms with Gasteiger partial charge in [-0.15, -0.1) is 0 Å². The predicted molar refractivity (Wildman–Crippen MR) is 69.1 cm³/mol. The molecular weight excluding hydrogens is 180 g/mol. The van der Waals surface area contributed by atoms with Crippen molar-refractivity contribution in [3.8, 4) is 0 Å². The molecule has 0 bridgehead atoms. The molecule has 0 aromatic rings. The van der Waals surface area contributed by atoms with Gasteiger partial charge in [0.15, 0.2) is 0 Å². The van der Waals surface area contributed by atoms with E-state index in [1.807, 2.05) is 0 Å². The number of hydrogen-bond donors (Lipinski definition) is 0. The fourth-order valence-corrected chi connectivity index (χ4v) is 2.23. The van der Waals surface area contributed by atoms with Crippen LogP contribution in [0.1, 0.15) is 78.1 Å². The Morgan fingerprint density at radius 2 is 1.53 bits per heavy atom. The maximum Gasteiger partial charge on any atom is -0.0133 e. The van der Waals surface area contributed by atoms with Crippen molar-refractivity contribution in [1.29, 1.82) is 0 Å². The zero-order valence-electron chi connectivity index (χ0n) is 10.7. The lowest BCUT2D eigenvalue weighted by molar-refractivity contribution is 0.526. The summed E-state index contributed by atoms with van der Waals surface area (Å²) in [5.74, 6) is 0.894. The predicted octanol–water partition coefficient (Wildman–Crippen LogP) is 5.48. The molecule has 1 rings (SSSR count). The third-order valence-corrected chi connectivity index (χ3v) is 3.56. The molecule has 0 saturated heterocycles. The van der Waals surface area contributed by atoms with Gasteiger partial charge in [-0.2, -0.15) is 0 Å². The largest absolute Gasteiger partial charge is 0.0807 e. The van der Waals surface area contributed by atoms with Gasteiger partial charge in [0.05, 0.1) is 0 Å². The minimum Gasteiger partial charge on any atom is -0.0807 e. The van der Waals surface area contributed by atoms with E-state index >= 15 is 0 Å². The maximum atomic E-state index is 2.39. The van der Waals surface area contributed by atoms with E-state index in [0.717, 1.165) is 5.92 Å². The summed E-state index contributed by atoms with van der Waals surface area (Å²) in [5, 5.41) is 0. The van der Waals surface area contributed by atoms with Crippen molar-refractivity contribution in [3.05, 3.63) is 11.6 Å². The van der Waals surface area contributed by atoms with E-state index in [2.05, 4.69) is 19.9 Å². The summed E-state index contributed by atoms with van der Waals surface area (Å²) in [4.78, 5) is 0. The highest BCUT2D eigenvalue weighted by Gasteiger charge is 2.14. The fourth-order valence-electron chi connectivity index (χ4n) is 2.23. The molecule has 1 unspecified atom stereocenters. The highest BCUT2D eigenvalue weighted by atomic mass is 14.2. The van der Waals surface area contributed by atoms with Crippen LogP contribution < -0.4 is 0 Å². The van der Waals surface area contributed by atoms with Crippen LogP contribution in [0.2, 0.25) is 0 Å². The molecule has 1 aliphatic rings. The lowest BCUT2D eigenvalue weighted by Gasteiger charge is -2.06. The summed E-state index contributed by atoms with van der Waals surface area (Å²) in [6, 6.07) is 0. The molecule has 0 heterocycles. The van der Waals surface area contributed by atoms with E-state index in [-0.39, 0.29) is 0 Å². The van der Waals surface area contributed by atoms with Crippen LogP contribution in [-0.2, 0) is 0 Å². The number of hydrogen-bond acceptors (Lipinski definition) is 0. The standard InChI is InChI=1S/C15H28/c1-3-4-5-6-7-8-9-10-11-14(2)15-12-13-15/h12,14H,3-11,13H2,1-2H3. The summed E-state index contributed by atoms with van der Waals surface area (Å²) in [6.45, 7) is 4.67. The lowest BCUT2D eigenvalue weighted by atomic mass is 9.99. The van der Waals surface area contributed by atoms with Crippen LogP contribution in [-0.4, -0.2) is 0 Å². The van der Waals surface area contributed by atoms with Gasteiger partial charge >= 0.3 is 0 Å². The molecule has 0 radical (unpaired) electrons. The molecule has 0 N–H and O–H groups in total. The first-order chi connectivity index (χ1) is 7.34. The number of rotatable bonds is 10. The van der Waals surface area contributed by atoms with E-state index in [0.29, 0.717) is 0 Å². The quantitative estimate of drug-likeness (QED) is 0.329. The van der Waals surface area contributed by atoms with Gasteiger partial charge in [0, 0.05) is 0 Å². The average molecular weight is 208 g/mol. The molecule has 0 aromatic carbocycles. The lowest BCUT2D eigenvalue weighted by Crippen LogP contribution is -1.91. The van der Waals surface area contributed by atoms with Crippen LogP contribution in [0.5, 0.6) is 0 Å². The SMILES string of the molecule is CCCCCCCCCCC(C)C1=CC1. The summed E-state index contributed by atoms with van der Waals surface area (Å²) < 4.78 is 0. The second kappa shape index (κ2) is 7.96. The van der Waals surface area contributed by atoms with Crippen molar-refractivity contribution in [2.45, 2.75) is 78.1 Å². The number of unbranched alkanes of at least 4 members (excludes halogenated alkanes) is 7. The van der Waals surface area contributed by atoms with Gasteiger partial charge in [0.25, 0.3) is 0 Å². The molecule has 1 atom stereocenters. The van der Waals surface area contributed by atoms with Gasteiger partial charge in [-0.3, -0.25) is 0 Å². The Labute approximate surface area is 96.2 Å². The normalized spacial score (nSPS) is 16.3. The summed E-state index contributed by atoms with van der Waals surface area (Å²) in [5.41, 5.74) is 1.72. The van der Waals surface area contributed by atoms with Crippen molar-refractivity contribution in [3.63, 3.8) is 0 Å². The molecule has 0 saturated carbocycles. The van der Waals surface area contributed by atoms with Gasteiger partial charge in [-0.25, -0.2) is 0 Å². The molecule has 0 aromatic heterocycles. The van der Waals surface area contributed by atoms with Crippen molar-refractivity contribution in [1.82, 2.24) is 0 Å². The molecule has 0 heteroatoms. The Kier molecular flexibility index (Phi) is 6.80. The van der Waals surface area contributed by atoms with Gasteiger partial charge in [0.1, 0.15) is 0 Å². The fraction of sp³-hybridized carbons (Fsp3) is 0.867. The van der Waals surface area contributed by atoms with Crippen LogP contribution in [0.4, 0.5) is 0 Å². The van der Waals surface area contributed by atoms with Crippen LogP contribution in [0, 0.1) is 5.92 Å². The monoisotopic (exact) mass is 208 g/mol. The first kappa shape index (κ1) is 12.8. The van der Waals surface area contributed by atoms with Gasteiger partial charge in [0.2, 0.25) is 0 Å². The van der Waals surface area contributed by atoms with E-state index in [1.165, 1.54) is 64.2 Å². The molecule has 0 fully saturated rings. The summed E-state index contributed by atoms with van der Waals surface area (Å²) in [6.07, 6.45) is 16.7. The minimum atomic E-state index is 0.894. The van der Waals surface area contributed by atoms with E-state index in [9.17, 15) is 0 Å². The molecular formula is C15H28. The molecule has 0 aliphatic heterocycles. The van der Waals surface area contributed by atoms with E-state index in [4.69, 9.17) is 0 Å². The second-order valence-electron chi connectivity index (χ2n) is 5.15. The van der Waals surface area contributed by atoms with Crippen LogP contribution >= 0.6 is 0 Å². The first-order valence-corrected chi connectivity index (χ1v) is 7.03. The van der Waals surface area contributed by atoms with Crippen LogP contribution in [0.25, 0.3) is 0 Å². The van der Waals surface area contributed by atoms with Crippen molar-refractivity contribution >= 4 is 0 Å². The molecule has 1 aliphatic carbocycles. The van der Waals surface area contributed by atoms with Crippen LogP contribution in [0.15, 0.2) is 11.6 Å². The van der Waals surface area contributed by atoms with Gasteiger partial charge in [-0.1, -0.05) is 76.9 Å². The van der Waals surface area contributed by atoms with E-state index < -0.39 is 0 Å². The third kappa shape index (κ3) is 6.76. The maximum absolute atomic E-state index is 2.39. The average Bonchev–Trinajstić information content (AvgIpc) is 3.05. The first-order valence-electron chi connectivity index (χ1n) is 7.03. The van der Waals surface area contributed by atoms with Gasteiger partial charge < -0.3 is 0 Å². The minimum absolute atomic E-state index is 0.894. The summed E-state index contributed by atoms with van der Waals surface area (Å²) >= 11 is 0. The topological polar surface area (TPSA) is 0 Å². The Hall–Kier alpha value is -0.260. The van der Waals surface area contributed by atoms with Crippen molar-refractivity contribution in [2.24, 2.45) is 5.92 Å². The van der Waals surface area contributed by atoms with Gasteiger partial charge in [-0.05, 0) is 18.8 Å². The highest BCUT2D eigenvalue weighted by molar-refractivity contribution is 5.23. The number of allylic oxidation sites excluding steroid dienone is 2. The van der Waals surface area contributed by atoms with Crippen LogP contribution in [0.3, 0.4) is 0 Å². The zero-order valence-corrected chi connectivity index (χ0v) is 10.7. The zero-order chi connectivity index (χ0) is 10.9. The third-order valence-electron chi connectivity index (χ3n) is 3.56. The van der Waals surface area contributed by atoms with E-state index in [1.54, 1.807) is 5.57 Å². The smallest absolute Gasteiger partial charge is 0.0133 e. The molecule has 88 valence electrons. The van der Waals surface area contributed by atoms with Crippen molar-refractivity contribution < 1.29 is 0 Å². The second-order valence-corrected chi connectivity index (χ2v) is 5.15. The summed E-state index contributed by atoms with van der Waals surface area (Å²) in [7, 11) is 0. The molecule has 15 heavy (non-hydrogen) atoms. The molecule has 0 amide bonds. The molecule has 0 nitrogen and oxygen atoms in total. The van der Waals surface area contributed by atoms with Crippen molar-refractivity contribution in [2.75, 3.05) is 0 Å². The highest BCUT2D eigenvalue weighted by Crippen LogP contribution is 2.30. The Bertz CT molecular complexity index is 178. The Balaban J connectivity index is 1.74. The Morgan fingerprint density at radius 1 is 1.00 bits per heavy atom.